The van der Waals surface area contributed by atoms with Gasteiger partial charge >= 0.3 is 0 Å². The predicted octanol–water partition coefficient (Wildman–Crippen LogP) is 15.9. The third kappa shape index (κ3) is 8.49. The van der Waals surface area contributed by atoms with Crippen LogP contribution in [-0.2, 0) is 12.8 Å². The molecule has 1 heteroatoms. The number of benzene rings is 8. The Morgan fingerprint density at radius 2 is 1.04 bits per heavy atom. The summed E-state index contributed by atoms with van der Waals surface area (Å²) in [6.45, 7) is 2.31. The molecule has 8 aromatic carbocycles. The first kappa shape index (κ1) is 36.6. The molecular formula is C54H50S. The molecule has 0 amide bonds. The third-order valence-corrected chi connectivity index (χ3v) is 12.3. The van der Waals surface area contributed by atoms with Gasteiger partial charge in [0, 0.05) is 9.79 Å². The molecule has 0 bridgehead atoms. The minimum absolute atomic E-state index is 0.750. The Bertz CT molecular complexity index is 2450. The molecule has 0 aliphatic carbocycles. The van der Waals surface area contributed by atoms with E-state index in [0.717, 1.165) is 12.3 Å². The van der Waals surface area contributed by atoms with Crippen LogP contribution in [0, 0.1) is 5.92 Å². The smallest absolute Gasteiger partial charge is 0.0154 e. The van der Waals surface area contributed by atoms with Crippen molar-refractivity contribution in [2.75, 3.05) is 0 Å². The molecule has 0 saturated heterocycles. The maximum absolute atomic E-state index is 2.34. The molecule has 0 aromatic heterocycles. The highest BCUT2D eigenvalue weighted by Gasteiger charge is 2.19. The zero-order chi connectivity index (χ0) is 37.2. The second-order valence-electron chi connectivity index (χ2n) is 14.9. The fourth-order valence-corrected chi connectivity index (χ4v) is 9.46. The number of aryl methyl sites for hydroxylation is 1. The van der Waals surface area contributed by atoms with Gasteiger partial charge in [-0.25, -0.2) is 0 Å². The van der Waals surface area contributed by atoms with Crippen LogP contribution in [0.15, 0.2) is 192 Å². The van der Waals surface area contributed by atoms with Crippen LogP contribution in [0.1, 0.15) is 56.6 Å². The van der Waals surface area contributed by atoms with E-state index in [0.29, 0.717) is 0 Å². The van der Waals surface area contributed by atoms with Crippen LogP contribution >= 0.6 is 11.8 Å². The van der Waals surface area contributed by atoms with Crippen LogP contribution in [0.3, 0.4) is 0 Å². The summed E-state index contributed by atoms with van der Waals surface area (Å²) in [7, 11) is 0. The molecule has 0 fully saturated rings. The van der Waals surface area contributed by atoms with Gasteiger partial charge in [0.2, 0.25) is 0 Å². The average Bonchev–Trinajstić information content (AvgIpc) is 3.24. The number of unbranched alkanes of at least 4 members (excludes halogenated alkanes) is 2. The fraction of sp³-hybridized carbons (Fsp3) is 0.185. The maximum atomic E-state index is 2.34. The highest BCUT2D eigenvalue weighted by atomic mass is 32.2. The molecule has 272 valence electrons. The van der Waals surface area contributed by atoms with Gasteiger partial charge < -0.3 is 0 Å². The second-order valence-corrected chi connectivity index (χ2v) is 16.0. The Labute approximate surface area is 332 Å². The van der Waals surface area contributed by atoms with Crippen molar-refractivity contribution in [2.24, 2.45) is 5.92 Å². The van der Waals surface area contributed by atoms with Crippen molar-refractivity contribution < 1.29 is 0 Å². The summed E-state index contributed by atoms with van der Waals surface area (Å²) in [5.41, 5.74) is 10.5. The monoisotopic (exact) mass is 730 g/mol. The van der Waals surface area contributed by atoms with E-state index in [4.69, 9.17) is 0 Å². The van der Waals surface area contributed by atoms with Gasteiger partial charge in [0.25, 0.3) is 0 Å². The second kappa shape index (κ2) is 17.8. The fourth-order valence-electron chi connectivity index (χ4n) is 8.49. The van der Waals surface area contributed by atoms with Gasteiger partial charge in [0.05, 0.1) is 0 Å². The van der Waals surface area contributed by atoms with Crippen LogP contribution in [0.25, 0.3) is 54.9 Å². The zero-order valence-electron chi connectivity index (χ0n) is 32.0. The summed E-state index contributed by atoms with van der Waals surface area (Å²) >= 11 is 1.90. The molecule has 0 aliphatic rings. The van der Waals surface area contributed by atoms with E-state index in [2.05, 4.69) is 189 Å². The van der Waals surface area contributed by atoms with Gasteiger partial charge in [-0.15, -0.1) is 0 Å². The lowest BCUT2D eigenvalue weighted by atomic mass is 9.83. The first-order chi connectivity index (χ1) is 27.3. The van der Waals surface area contributed by atoms with Crippen molar-refractivity contribution in [3.05, 3.63) is 193 Å². The molecule has 0 N–H and O–H groups in total. The third-order valence-electron chi connectivity index (χ3n) is 11.2. The number of hydrogen-bond donors (Lipinski definition) is 0. The molecule has 0 saturated carbocycles. The lowest BCUT2D eigenvalue weighted by Crippen LogP contribution is -2.06. The van der Waals surface area contributed by atoms with Crippen molar-refractivity contribution >= 4 is 33.3 Å². The highest BCUT2D eigenvalue weighted by Crippen LogP contribution is 2.47. The predicted molar refractivity (Wildman–Crippen MR) is 239 cm³/mol. The molecule has 1 unspecified atom stereocenters. The van der Waals surface area contributed by atoms with Crippen molar-refractivity contribution in [1.29, 1.82) is 0 Å². The maximum Gasteiger partial charge on any atom is 0.0154 e. The first-order valence-electron chi connectivity index (χ1n) is 20.2. The van der Waals surface area contributed by atoms with E-state index >= 15 is 0 Å². The van der Waals surface area contributed by atoms with E-state index in [1.54, 1.807) is 0 Å². The lowest BCUT2D eigenvalue weighted by Gasteiger charge is -2.20. The standard InChI is InChI=1S/C54H50S/c1-2-3-7-20-41(39-40-21-8-4-9-22-40)23-18-29-43-24-14-17-34-51(43)55-46-37-35-42(36-38-46)47-32-19-33-50-52(44-25-10-5-11-26-44)48-30-15-16-31-49(48)53(54(47)50)45-27-12-6-13-28-45/h4-6,8-17,19,21-22,24-28,30-38,41H,2-3,7,18,20,23,29,39H2,1H3. The van der Waals surface area contributed by atoms with E-state index in [1.165, 1.54) is 121 Å². The van der Waals surface area contributed by atoms with Crippen molar-refractivity contribution in [3.8, 4) is 33.4 Å². The van der Waals surface area contributed by atoms with Gasteiger partial charge in [0.1, 0.15) is 0 Å². The van der Waals surface area contributed by atoms with Gasteiger partial charge in [-0.1, -0.05) is 208 Å². The minimum Gasteiger partial charge on any atom is -0.0898 e. The van der Waals surface area contributed by atoms with Crippen molar-refractivity contribution in [3.63, 3.8) is 0 Å². The van der Waals surface area contributed by atoms with E-state index in [-0.39, 0.29) is 0 Å². The number of rotatable bonds is 15. The molecular weight excluding hydrogens is 681 g/mol. The van der Waals surface area contributed by atoms with Crippen LogP contribution in [-0.4, -0.2) is 0 Å². The van der Waals surface area contributed by atoms with E-state index in [1.807, 2.05) is 11.8 Å². The summed E-state index contributed by atoms with van der Waals surface area (Å²) in [6.07, 6.45) is 10.1. The van der Waals surface area contributed by atoms with Crippen LogP contribution in [0.5, 0.6) is 0 Å². The normalized spacial score (nSPS) is 11.9. The van der Waals surface area contributed by atoms with Crippen LogP contribution < -0.4 is 0 Å². The Balaban J connectivity index is 1.09. The van der Waals surface area contributed by atoms with Gasteiger partial charge in [-0.05, 0) is 116 Å². The quantitative estimate of drug-likeness (QED) is 0.0747. The van der Waals surface area contributed by atoms with E-state index in [9.17, 15) is 0 Å². The van der Waals surface area contributed by atoms with Crippen LogP contribution in [0.2, 0.25) is 0 Å². The highest BCUT2D eigenvalue weighted by molar-refractivity contribution is 7.99. The molecule has 8 rings (SSSR count). The summed E-state index contributed by atoms with van der Waals surface area (Å²) < 4.78 is 0. The molecule has 0 aliphatic heterocycles. The van der Waals surface area contributed by atoms with Gasteiger partial charge in [-0.2, -0.15) is 0 Å². The molecule has 0 radical (unpaired) electrons. The Hall–Kier alpha value is -5.37. The average molecular weight is 731 g/mol. The summed E-state index contributed by atoms with van der Waals surface area (Å²) in [5, 5.41) is 5.15. The minimum atomic E-state index is 0.750. The zero-order valence-corrected chi connectivity index (χ0v) is 32.8. The number of fused-ring (bicyclic) bond motifs is 2. The largest absolute Gasteiger partial charge is 0.0898 e. The molecule has 0 nitrogen and oxygen atoms in total. The summed E-state index contributed by atoms with van der Waals surface area (Å²) in [6, 6.07) is 67.1. The van der Waals surface area contributed by atoms with Gasteiger partial charge in [0.15, 0.2) is 0 Å². The number of hydrogen-bond acceptors (Lipinski definition) is 1. The van der Waals surface area contributed by atoms with Gasteiger partial charge in [-0.3, -0.25) is 0 Å². The topological polar surface area (TPSA) is 0 Å². The molecule has 0 heterocycles. The summed E-state index contributed by atoms with van der Waals surface area (Å²) in [5.74, 6) is 0.750. The van der Waals surface area contributed by atoms with E-state index < -0.39 is 0 Å². The molecule has 0 spiro atoms. The first-order valence-corrected chi connectivity index (χ1v) is 21.1. The van der Waals surface area contributed by atoms with Crippen molar-refractivity contribution in [1.82, 2.24) is 0 Å². The van der Waals surface area contributed by atoms with Crippen molar-refractivity contribution in [2.45, 2.75) is 68.1 Å². The molecule has 1 atom stereocenters. The Kier molecular flexibility index (Phi) is 11.9. The Morgan fingerprint density at radius 1 is 0.455 bits per heavy atom. The van der Waals surface area contributed by atoms with Crippen LogP contribution in [0.4, 0.5) is 0 Å². The molecule has 55 heavy (non-hydrogen) atoms. The summed E-state index contributed by atoms with van der Waals surface area (Å²) in [4.78, 5) is 2.65. The molecule has 8 aromatic rings. The Morgan fingerprint density at radius 3 is 1.75 bits per heavy atom. The SMILES string of the molecule is CCCCCC(CCCc1ccccc1Sc1ccc(-c2cccc3c(-c4ccccc4)c4ccccc4c(-c4ccccc4)c23)cc1)Cc1ccccc1. The lowest BCUT2D eigenvalue weighted by molar-refractivity contribution is 0.414.